The number of carbonyl (C=O) groups excluding carboxylic acids is 2. The summed E-state index contributed by atoms with van der Waals surface area (Å²) in [5.41, 5.74) is 1.56. The lowest BCUT2D eigenvalue weighted by atomic mass is 10.0. The van der Waals surface area contributed by atoms with Crippen molar-refractivity contribution in [2.75, 3.05) is 6.54 Å². The highest BCUT2D eigenvalue weighted by Crippen LogP contribution is 2.18. The molecule has 2 rings (SSSR count). The van der Waals surface area contributed by atoms with Crippen LogP contribution < -0.4 is 10.6 Å². The molecule has 0 atom stereocenters. The van der Waals surface area contributed by atoms with E-state index in [9.17, 15) is 9.59 Å². The summed E-state index contributed by atoms with van der Waals surface area (Å²) in [7, 11) is 0. The standard InChI is InChI=1S/C26H40N4O4/c1-5-6-7-8-9-10-11-12-13-20-14-16-21(17-15-20)24-29-23(34-30-24)19-27-22(31)18-28-25(32)33-26(2,3)4/h14-17H,5-13,18-19H2,1-4H3,(H,27,31)(H,28,32). The summed E-state index contributed by atoms with van der Waals surface area (Å²) in [6.45, 7) is 7.40. The Balaban J connectivity index is 1.68. The Morgan fingerprint density at radius 2 is 1.59 bits per heavy atom. The van der Waals surface area contributed by atoms with Gasteiger partial charge in [-0.05, 0) is 39.2 Å². The minimum atomic E-state index is -0.645. The highest BCUT2D eigenvalue weighted by atomic mass is 16.6. The van der Waals surface area contributed by atoms with E-state index in [1.807, 2.05) is 12.1 Å². The van der Waals surface area contributed by atoms with Crippen molar-refractivity contribution in [3.05, 3.63) is 35.7 Å². The molecule has 8 heteroatoms. The van der Waals surface area contributed by atoms with E-state index < -0.39 is 11.7 Å². The van der Waals surface area contributed by atoms with Gasteiger partial charge in [-0.15, -0.1) is 0 Å². The Labute approximate surface area is 203 Å². The van der Waals surface area contributed by atoms with Crippen LogP contribution in [-0.2, 0) is 22.5 Å². The number of aryl methyl sites for hydroxylation is 1. The number of hydrogen-bond donors (Lipinski definition) is 2. The molecule has 0 radical (unpaired) electrons. The average Bonchev–Trinajstić information content (AvgIpc) is 3.26. The molecule has 0 spiro atoms. The van der Waals surface area contributed by atoms with Crippen molar-refractivity contribution in [2.24, 2.45) is 0 Å². The average molecular weight is 473 g/mol. The number of alkyl carbamates (subject to hydrolysis) is 1. The van der Waals surface area contributed by atoms with Crippen LogP contribution in [0.3, 0.4) is 0 Å². The van der Waals surface area contributed by atoms with Crippen LogP contribution in [0.15, 0.2) is 28.8 Å². The van der Waals surface area contributed by atoms with Crippen molar-refractivity contribution in [2.45, 2.75) is 97.6 Å². The maximum atomic E-state index is 11.9. The molecule has 0 bridgehead atoms. The van der Waals surface area contributed by atoms with Gasteiger partial charge in [0.2, 0.25) is 17.6 Å². The summed E-state index contributed by atoms with van der Waals surface area (Å²) in [5, 5.41) is 9.03. The predicted octanol–water partition coefficient (Wildman–Crippen LogP) is 5.56. The molecule has 0 aliphatic rings. The fraction of sp³-hybridized carbons (Fsp3) is 0.615. The van der Waals surface area contributed by atoms with Gasteiger partial charge in [0.15, 0.2) is 0 Å². The second-order valence-electron chi connectivity index (χ2n) is 9.57. The third-order valence-electron chi connectivity index (χ3n) is 5.23. The first-order valence-corrected chi connectivity index (χ1v) is 12.4. The highest BCUT2D eigenvalue weighted by molar-refractivity contribution is 5.82. The number of benzene rings is 1. The number of rotatable bonds is 14. The molecule has 1 aromatic carbocycles. The molecular weight excluding hydrogens is 432 g/mol. The Kier molecular flexibility index (Phi) is 11.6. The fourth-order valence-electron chi connectivity index (χ4n) is 3.43. The van der Waals surface area contributed by atoms with Gasteiger partial charge < -0.3 is 19.9 Å². The minimum absolute atomic E-state index is 0.0817. The first-order chi connectivity index (χ1) is 16.3. The minimum Gasteiger partial charge on any atom is -0.444 e. The molecule has 2 aromatic rings. The summed E-state index contributed by atoms with van der Waals surface area (Å²) in [4.78, 5) is 27.9. The number of ether oxygens (including phenoxy) is 1. The van der Waals surface area contributed by atoms with Gasteiger partial charge in [-0.2, -0.15) is 4.98 Å². The van der Waals surface area contributed by atoms with Gasteiger partial charge in [-0.1, -0.05) is 81.3 Å². The van der Waals surface area contributed by atoms with E-state index in [-0.39, 0.29) is 19.0 Å². The van der Waals surface area contributed by atoms with E-state index in [1.54, 1.807) is 20.8 Å². The van der Waals surface area contributed by atoms with Crippen LogP contribution in [0.5, 0.6) is 0 Å². The highest BCUT2D eigenvalue weighted by Gasteiger charge is 2.17. The summed E-state index contributed by atoms with van der Waals surface area (Å²) in [6, 6.07) is 8.21. The molecule has 0 fully saturated rings. The zero-order chi connectivity index (χ0) is 24.8. The van der Waals surface area contributed by atoms with Crippen molar-refractivity contribution in [1.29, 1.82) is 0 Å². The van der Waals surface area contributed by atoms with Gasteiger partial charge >= 0.3 is 6.09 Å². The molecule has 0 saturated heterocycles. The molecule has 0 aliphatic heterocycles. The fourth-order valence-corrected chi connectivity index (χ4v) is 3.43. The molecule has 2 N–H and O–H groups in total. The molecule has 0 aliphatic carbocycles. The molecule has 2 amide bonds. The lowest BCUT2D eigenvalue weighted by molar-refractivity contribution is -0.120. The second-order valence-corrected chi connectivity index (χ2v) is 9.57. The molecule has 1 heterocycles. The summed E-state index contributed by atoms with van der Waals surface area (Å²) < 4.78 is 10.3. The van der Waals surface area contributed by atoms with Gasteiger partial charge in [0.25, 0.3) is 0 Å². The van der Waals surface area contributed by atoms with E-state index in [0.29, 0.717) is 11.7 Å². The number of nitrogens with zero attached hydrogens (tertiary/aromatic N) is 2. The van der Waals surface area contributed by atoms with Crippen LogP contribution >= 0.6 is 0 Å². The van der Waals surface area contributed by atoms with Crippen molar-refractivity contribution >= 4 is 12.0 Å². The van der Waals surface area contributed by atoms with E-state index in [1.165, 1.54) is 56.9 Å². The molecule has 1 aromatic heterocycles. The number of carbonyl (C=O) groups is 2. The van der Waals surface area contributed by atoms with Crippen LogP contribution in [0.25, 0.3) is 11.4 Å². The lowest BCUT2D eigenvalue weighted by Crippen LogP contribution is -2.39. The Hall–Kier alpha value is -2.90. The smallest absolute Gasteiger partial charge is 0.408 e. The van der Waals surface area contributed by atoms with Crippen LogP contribution in [0.1, 0.15) is 90.5 Å². The number of unbranched alkanes of at least 4 members (excludes halogenated alkanes) is 7. The number of amides is 2. The zero-order valence-corrected chi connectivity index (χ0v) is 21.1. The van der Waals surface area contributed by atoms with Gasteiger partial charge in [0.05, 0.1) is 6.54 Å². The van der Waals surface area contributed by atoms with E-state index in [4.69, 9.17) is 9.26 Å². The predicted molar refractivity (Wildman–Crippen MR) is 132 cm³/mol. The van der Waals surface area contributed by atoms with Crippen LogP contribution in [0.2, 0.25) is 0 Å². The Bertz CT molecular complexity index is 872. The maximum absolute atomic E-state index is 11.9. The molecular formula is C26H40N4O4. The van der Waals surface area contributed by atoms with Crippen molar-refractivity contribution < 1.29 is 18.8 Å². The van der Waals surface area contributed by atoms with Gasteiger partial charge in [0, 0.05) is 5.56 Å². The van der Waals surface area contributed by atoms with Gasteiger partial charge in [-0.25, -0.2) is 4.79 Å². The molecule has 0 saturated carbocycles. The van der Waals surface area contributed by atoms with Gasteiger partial charge in [0.1, 0.15) is 12.1 Å². The summed E-state index contributed by atoms with van der Waals surface area (Å²) in [6.07, 6.45) is 11.0. The first-order valence-electron chi connectivity index (χ1n) is 12.4. The SMILES string of the molecule is CCCCCCCCCCc1ccc(-c2noc(CNC(=O)CNC(=O)OC(C)(C)C)n2)cc1. The second kappa shape index (κ2) is 14.4. The molecule has 34 heavy (non-hydrogen) atoms. The van der Waals surface area contributed by atoms with E-state index in [2.05, 4.69) is 39.8 Å². The third kappa shape index (κ3) is 11.3. The summed E-state index contributed by atoms with van der Waals surface area (Å²) in [5.74, 6) is 0.398. The normalized spacial score (nSPS) is 11.3. The summed E-state index contributed by atoms with van der Waals surface area (Å²) >= 11 is 0. The van der Waals surface area contributed by atoms with Crippen LogP contribution in [0.4, 0.5) is 4.79 Å². The third-order valence-corrected chi connectivity index (χ3v) is 5.23. The van der Waals surface area contributed by atoms with Crippen LogP contribution in [0, 0.1) is 0 Å². The van der Waals surface area contributed by atoms with Crippen LogP contribution in [-0.4, -0.2) is 34.3 Å². The largest absolute Gasteiger partial charge is 0.444 e. The van der Waals surface area contributed by atoms with E-state index >= 15 is 0 Å². The zero-order valence-electron chi connectivity index (χ0n) is 21.1. The van der Waals surface area contributed by atoms with Crippen molar-refractivity contribution in [1.82, 2.24) is 20.8 Å². The quantitative estimate of drug-likeness (QED) is 0.349. The number of hydrogen-bond acceptors (Lipinski definition) is 6. The number of aromatic nitrogens is 2. The maximum Gasteiger partial charge on any atom is 0.408 e. The first kappa shape index (κ1) is 27.3. The molecule has 188 valence electrons. The van der Waals surface area contributed by atoms with Crippen molar-refractivity contribution in [3.63, 3.8) is 0 Å². The topological polar surface area (TPSA) is 106 Å². The van der Waals surface area contributed by atoms with E-state index in [0.717, 1.165) is 12.0 Å². The monoisotopic (exact) mass is 472 g/mol. The Morgan fingerprint density at radius 3 is 2.24 bits per heavy atom. The molecule has 0 unspecified atom stereocenters. The Morgan fingerprint density at radius 1 is 0.941 bits per heavy atom. The van der Waals surface area contributed by atoms with Gasteiger partial charge in [-0.3, -0.25) is 4.79 Å². The van der Waals surface area contributed by atoms with Crippen molar-refractivity contribution in [3.8, 4) is 11.4 Å². The lowest BCUT2D eigenvalue weighted by Gasteiger charge is -2.19. The molecule has 8 nitrogen and oxygen atoms in total. The number of nitrogens with one attached hydrogen (secondary N) is 2.